The van der Waals surface area contributed by atoms with Crippen molar-refractivity contribution >= 4 is 11.9 Å². The first kappa shape index (κ1) is 27.4. The lowest BCUT2D eigenvalue weighted by atomic mass is 9.97. The van der Waals surface area contributed by atoms with E-state index in [0.717, 1.165) is 35.1 Å². The maximum absolute atomic E-state index is 13.0. The fraction of sp³-hybridized carbons (Fsp3) is 0.310. The van der Waals surface area contributed by atoms with Crippen molar-refractivity contribution < 1.29 is 19.4 Å². The number of carboxylic acid groups (broad SMARTS) is 1. The molecule has 0 aliphatic rings. The maximum Gasteiger partial charge on any atom is 0.326 e. The van der Waals surface area contributed by atoms with Crippen molar-refractivity contribution in [2.75, 3.05) is 0 Å². The van der Waals surface area contributed by atoms with Crippen LogP contribution in [0.2, 0.25) is 0 Å². The van der Waals surface area contributed by atoms with Crippen molar-refractivity contribution in [2.45, 2.75) is 52.6 Å². The van der Waals surface area contributed by atoms with Crippen molar-refractivity contribution in [3.63, 3.8) is 0 Å². The van der Waals surface area contributed by atoms with Crippen LogP contribution in [-0.2, 0) is 16.1 Å². The van der Waals surface area contributed by atoms with E-state index in [9.17, 15) is 14.7 Å². The highest BCUT2D eigenvalue weighted by molar-refractivity contribution is 5.84. The highest BCUT2D eigenvalue weighted by Gasteiger charge is 2.32. The summed E-state index contributed by atoms with van der Waals surface area (Å²) in [6.07, 6.45) is 5.21. The predicted octanol–water partition coefficient (Wildman–Crippen LogP) is 5.35. The Morgan fingerprint density at radius 1 is 1.05 bits per heavy atom. The number of unbranched alkanes of at least 4 members (excludes halogenated alkanes) is 1. The molecule has 0 spiro atoms. The third kappa shape index (κ3) is 6.84. The number of aromatic amines is 1. The fourth-order valence-electron chi connectivity index (χ4n) is 4.42. The van der Waals surface area contributed by atoms with Crippen LogP contribution in [-0.4, -0.2) is 53.5 Å². The number of nitrogens with one attached hydrogen (secondary N) is 1. The maximum atomic E-state index is 13.0. The molecule has 10 heteroatoms. The number of pyridine rings is 1. The molecule has 1 amide bonds. The standard InChI is InChI=1S/C29H32N6O4/c1-4-5-8-26(36)35(27(19(2)3)29(37)38)18-20-9-11-21(12-10-20)25-16-22(39-23-7-6-15-30-17-23)13-14-24(25)28-31-33-34-32-28/h6-7,9-17,19,27H,4-5,8,18H2,1-3H3,(H,37,38)(H,31,32,33,34)/t27-/m0/s1. The van der Waals surface area contributed by atoms with Gasteiger partial charge in [-0.1, -0.05) is 51.5 Å². The average molecular weight is 529 g/mol. The Morgan fingerprint density at radius 3 is 2.46 bits per heavy atom. The summed E-state index contributed by atoms with van der Waals surface area (Å²) in [5.41, 5.74) is 3.29. The number of tetrazole rings is 1. The van der Waals surface area contributed by atoms with Crippen molar-refractivity contribution in [3.05, 3.63) is 72.6 Å². The number of amides is 1. The number of nitrogens with zero attached hydrogens (tertiary/aromatic N) is 5. The first-order chi connectivity index (χ1) is 18.9. The highest BCUT2D eigenvalue weighted by atomic mass is 16.5. The van der Waals surface area contributed by atoms with Gasteiger partial charge in [0.1, 0.15) is 17.5 Å². The Balaban J connectivity index is 1.65. The Kier molecular flexibility index (Phi) is 8.98. The van der Waals surface area contributed by atoms with Gasteiger partial charge in [-0.2, -0.15) is 5.21 Å². The van der Waals surface area contributed by atoms with Crippen molar-refractivity contribution in [3.8, 4) is 34.0 Å². The molecule has 0 aliphatic carbocycles. The van der Waals surface area contributed by atoms with Gasteiger partial charge in [0.05, 0.1) is 6.20 Å². The second-order valence-corrected chi connectivity index (χ2v) is 9.58. The summed E-state index contributed by atoms with van der Waals surface area (Å²) in [4.78, 5) is 30.7. The molecule has 0 aliphatic heterocycles. The SMILES string of the molecule is CCCCC(=O)N(Cc1ccc(-c2cc(Oc3cccnc3)ccc2-c2nn[nH]n2)cc1)[C@H](C(=O)O)C(C)C. The quantitative estimate of drug-likeness (QED) is 0.251. The van der Waals surface area contributed by atoms with Gasteiger partial charge in [0.25, 0.3) is 0 Å². The molecule has 2 N–H and O–H groups in total. The summed E-state index contributed by atoms with van der Waals surface area (Å²) < 4.78 is 5.99. The van der Waals surface area contributed by atoms with Gasteiger partial charge in [0.15, 0.2) is 0 Å². The summed E-state index contributed by atoms with van der Waals surface area (Å²) in [5.74, 6) is 0.284. The molecule has 0 saturated heterocycles. The minimum absolute atomic E-state index is 0.151. The van der Waals surface area contributed by atoms with Crippen LogP contribution in [0.1, 0.15) is 45.6 Å². The number of benzene rings is 2. The molecule has 2 heterocycles. The Morgan fingerprint density at radius 2 is 1.85 bits per heavy atom. The molecule has 0 fully saturated rings. The monoisotopic (exact) mass is 528 g/mol. The van der Waals surface area contributed by atoms with E-state index >= 15 is 0 Å². The molecule has 0 bridgehead atoms. The van der Waals surface area contributed by atoms with E-state index in [1.54, 1.807) is 18.5 Å². The van der Waals surface area contributed by atoms with Crippen LogP contribution in [0.4, 0.5) is 0 Å². The van der Waals surface area contributed by atoms with Gasteiger partial charge in [-0.15, -0.1) is 10.2 Å². The van der Waals surface area contributed by atoms with Crippen molar-refractivity contribution in [1.82, 2.24) is 30.5 Å². The van der Waals surface area contributed by atoms with Crippen LogP contribution in [0.15, 0.2) is 67.0 Å². The molecule has 2 aromatic carbocycles. The number of carbonyl (C=O) groups excluding carboxylic acids is 1. The zero-order valence-corrected chi connectivity index (χ0v) is 22.2. The molecule has 10 nitrogen and oxygen atoms in total. The van der Waals surface area contributed by atoms with Gasteiger partial charge in [0.2, 0.25) is 11.7 Å². The zero-order chi connectivity index (χ0) is 27.8. The molecule has 1 atom stereocenters. The summed E-state index contributed by atoms with van der Waals surface area (Å²) in [5, 5.41) is 24.3. The van der Waals surface area contributed by atoms with Crippen LogP contribution in [0.5, 0.6) is 11.5 Å². The van der Waals surface area contributed by atoms with E-state index in [1.807, 2.05) is 69.3 Å². The molecule has 39 heavy (non-hydrogen) atoms. The Labute approximate surface area is 227 Å². The van der Waals surface area contributed by atoms with E-state index < -0.39 is 12.0 Å². The number of carboxylic acids is 1. The molecule has 0 unspecified atom stereocenters. The molecule has 4 rings (SSSR count). The smallest absolute Gasteiger partial charge is 0.326 e. The Bertz CT molecular complexity index is 1370. The number of aliphatic carboxylic acids is 1. The largest absolute Gasteiger partial charge is 0.480 e. The van der Waals surface area contributed by atoms with E-state index in [1.165, 1.54) is 4.90 Å². The number of hydrogen-bond donors (Lipinski definition) is 2. The molecular weight excluding hydrogens is 496 g/mol. The lowest BCUT2D eigenvalue weighted by Gasteiger charge is -2.32. The summed E-state index contributed by atoms with van der Waals surface area (Å²) >= 11 is 0. The number of ether oxygens (including phenoxy) is 1. The van der Waals surface area contributed by atoms with Gasteiger partial charge in [-0.05, 0) is 64.6 Å². The van der Waals surface area contributed by atoms with Crippen LogP contribution < -0.4 is 4.74 Å². The third-order valence-corrected chi connectivity index (χ3v) is 6.35. The minimum atomic E-state index is -0.998. The summed E-state index contributed by atoms with van der Waals surface area (Å²) in [6.45, 7) is 5.86. The molecule has 0 saturated carbocycles. The van der Waals surface area contributed by atoms with Gasteiger partial charge < -0.3 is 14.7 Å². The van der Waals surface area contributed by atoms with Crippen LogP contribution in [0, 0.1) is 5.92 Å². The first-order valence-corrected chi connectivity index (χ1v) is 12.9. The normalized spacial score (nSPS) is 11.8. The second kappa shape index (κ2) is 12.8. The van der Waals surface area contributed by atoms with Crippen molar-refractivity contribution in [2.24, 2.45) is 5.92 Å². The van der Waals surface area contributed by atoms with Gasteiger partial charge >= 0.3 is 5.97 Å². The van der Waals surface area contributed by atoms with Crippen LogP contribution >= 0.6 is 0 Å². The number of aromatic nitrogens is 5. The van der Waals surface area contributed by atoms with E-state index in [2.05, 4.69) is 25.6 Å². The zero-order valence-electron chi connectivity index (χ0n) is 22.2. The Hall–Kier alpha value is -4.60. The number of carbonyl (C=O) groups is 2. The van der Waals surface area contributed by atoms with Crippen molar-refractivity contribution in [1.29, 1.82) is 0 Å². The predicted molar refractivity (Wildman–Crippen MR) is 146 cm³/mol. The lowest BCUT2D eigenvalue weighted by Crippen LogP contribution is -2.47. The van der Waals surface area contributed by atoms with Crippen LogP contribution in [0.25, 0.3) is 22.5 Å². The van der Waals surface area contributed by atoms with E-state index in [4.69, 9.17) is 4.74 Å². The lowest BCUT2D eigenvalue weighted by molar-refractivity contribution is -0.153. The minimum Gasteiger partial charge on any atom is -0.480 e. The average Bonchev–Trinajstić information content (AvgIpc) is 3.47. The van der Waals surface area contributed by atoms with Gasteiger partial charge in [-0.3, -0.25) is 9.78 Å². The number of rotatable bonds is 12. The number of H-pyrrole nitrogens is 1. The number of hydrogen-bond acceptors (Lipinski definition) is 7. The molecule has 0 radical (unpaired) electrons. The highest BCUT2D eigenvalue weighted by Crippen LogP contribution is 2.35. The van der Waals surface area contributed by atoms with Crippen LogP contribution in [0.3, 0.4) is 0 Å². The third-order valence-electron chi connectivity index (χ3n) is 6.35. The molecular formula is C29H32N6O4. The summed E-state index contributed by atoms with van der Waals surface area (Å²) in [6, 6.07) is 16.0. The molecule has 202 valence electrons. The van der Waals surface area contributed by atoms with Gasteiger partial charge in [-0.25, -0.2) is 4.79 Å². The molecule has 4 aromatic rings. The molecule has 2 aromatic heterocycles. The van der Waals surface area contributed by atoms with Gasteiger partial charge in [0, 0.05) is 24.7 Å². The van der Waals surface area contributed by atoms with E-state index in [-0.39, 0.29) is 18.4 Å². The summed E-state index contributed by atoms with van der Waals surface area (Å²) in [7, 11) is 0. The fourth-order valence-corrected chi connectivity index (χ4v) is 4.42. The topological polar surface area (TPSA) is 134 Å². The second-order valence-electron chi connectivity index (χ2n) is 9.58. The van der Waals surface area contributed by atoms with E-state index in [0.29, 0.717) is 23.7 Å². The first-order valence-electron chi connectivity index (χ1n) is 12.9.